The molecule has 2 aliphatic rings. The number of likely N-dealkylation sites (tertiary alicyclic amines) is 1. The van der Waals surface area contributed by atoms with Crippen molar-refractivity contribution >= 4 is 0 Å². The molecule has 1 saturated carbocycles. The summed E-state index contributed by atoms with van der Waals surface area (Å²) >= 11 is 0. The second-order valence-electron chi connectivity index (χ2n) is 6.88. The summed E-state index contributed by atoms with van der Waals surface area (Å²) in [4.78, 5) is 2.58. The first-order chi connectivity index (χ1) is 10.3. The molecule has 1 aliphatic heterocycles. The standard InChI is InChI=1S/C18H30N2O/c1-2-4-15-5-3-11-20(12-10-15)14-18-9-8-17(21-18)13-19-16-6-7-16/h8-9,15-16,19H,2-7,10-14H2,1H3. The van der Waals surface area contributed by atoms with Crippen LogP contribution in [0, 0.1) is 5.92 Å². The zero-order chi connectivity index (χ0) is 14.5. The molecule has 2 fully saturated rings. The quantitative estimate of drug-likeness (QED) is 0.824. The van der Waals surface area contributed by atoms with Gasteiger partial charge in [0.05, 0.1) is 13.1 Å². The number of nitrogens with zero attached hydrogens (tertiary/aromatic N) is 1. The number of rotatable bonds is 7. The van der Waals surface area contributed by atoms with E-state index >= 15 is 0 Å². The highest BCUT2D eigenvalue weighted by Crippen LogP contribution is 2.23. The van der Waals surface area contributed by atoms with Crippen molar-refractivity contribution in [3.8, 4) is 0 Å². The average Bonchev–Trinajstić information content (AvgIpc) is 3.24. The Morgan fingerprint density at radius 3 is 2.81 bits per heavy atom. The molecule has 1 unspecified atom stereocenters. The van der Waals surface area contributed by atoms with Crippen LogP contribution in [0.3, 0.4) is 0 Å². The first kappa shape index (κ1) is 15.1. The van der Waals surface area contributed by atoms with Gasteiger partial charge < -0.3 is 9.73 Å². The SMILES string of the molecule is CCCC1CCCN(Cc2ccc(CNC3CC3)o2)CC1. The molecule has 1 aliphatic carbocycles. The third-order valence-electron chi connectivity index (χ3n) is 4.88. The lowest BCUT2D eigenvalue weighted by Crippen LogP contribution is -2.24. The fraction of sp³-hybridized carbons (Fsp3) is 0.778. The van der Waals surface area contributed by atoms with Crippen LogP contribution in [0.25, 0.3) is 0 Å². The van der Waals surface area contributed by atoms with Gasteiger partial charge in [0.25, 0.3) is 0 Å². The van der Waals surface area contributed by atoms with Crippen LogP contribution in [0.4, 0.5) is 0 Å². The van der Waals surface area contributed by atoms with Crippen LogP contribution in [0.2, 0.25) is 0 Å². The van der Waals surface area contributed by atoms with Gasteiger partial charge in [-0.1, -0.05) is 19.8 Å². The average molecular weight is 290 g/mol. The van der Waals surface area contributed by atoms with E-state index in [1.807, 2.05) is 0 Å². The number of hydrogen-bond donors (Lipinski definition) is 1. The van der Waals surface area contributed by atoms with Gasteiger partial charge in [-0.3, -0.25) is 4.90 Å². The predicted molar refractivity (Wildman–Crippen MR) is 86.1 cm³/mol. The molecule has 3 nitrogen and oxygen atoms in total. The smallest absolute Gasteiger partial charge is 0.118 e. The molecule has 1 aromatic heterocycles. The van der Waals surface area contributed by atoms with Gasteiger partial charge in [-0.05, 0) is 63.2 Å². The molecule has 1 aromatic rings. The maximum Gasteiger partial charge on any atom is 0.118 e. The molecule has 0 bridgehead atoms. The van der Waals surface area contributed by atoms with E-state index in [0.717, 1.165) is 36.6 Å². The number of hydrogen-bond acceptors (Lipinski definition) is 3. The van der Waals surface area contributed by atoms with Gasteiger partial charge in [0, 0.05) is 6.04 Å². The van der Waals surface area contributed by atoms with Crippen LogP contribution >= 0.6 is 0 Å². The predicted octanol–water partition coefficient (Wildman–Crippen LogP) is 3.93. The summed E-state index contributed by atoms with van der Waals surface area (Å²) in [5.41, 5.74) is 0. The van der Waals surface area contributed by atoms with Crippen molar-refractivity contribution in [2.45, 2.75) is 71.0 Å². The Labute approximate surface area is 129 Å². The zero-order valence-corrected chi connectivity index (χ0v) is 13.4. The van der Waals surface area contributed by atoms with Gasteiger partial charge in [-0.15, -0.1) is 0 Å². The van der Waals surface area contributed by atoms with Gasteiger partial charge in [-0.2, -0.15) is 0 Å². The van der Waals surface area contributed by atoms with Crippen molar-refractivity contribution in [2.75, 3.05) is 13.1 Å². The summed E-state index contributed by atoms with van der Waals surface area (Å²) in [6.45, 7) is 6.66. The molecule has 21 heavy (non-hydrogen) atoms. The van der Waals surface area contributed by atoms with Crippen molar-refractivity contribution in [3.05, 3.63) is 23.7 Å². The molecule has 1 saturated heterocycles. The van der Waals surface area contributed by atoms with Crippen LogP contribution in [-0.2, 0) is 13.1 Å². The van der Waals surface area contributed by atoms with Crippen LogP contribution in [0.5, 0.6) is 0 Å². The first-order valence-corrected chi connectivity index (χ1v) is 8.87. The monoisotopic (exact) mass is 290 g/mol. The maximum atomic E-state index is 5.98. The lowest BCUT2D eigenvalue weighted by Gasteiger charge is -2.18. The lowest BCUT2D eigenvalue weighted by atomic mass is 9.96. The summed E-state index contributed by atoms with van der Waals surface area (Å²) in [6, 6.07) is 5.06. The third kappa shape index (κ3) is 4.86. The van der Waals surface area contributed by atoms with Crippen LogP contribution in [0.15, 0.2) is 16.5 Å². The molecule has 1 atom stereocenters. The van der Waals surface area contributed by atoms with Gasteiger partial charge in [-0.25, -0.2) is 0 Å². The Kier molecular flexibility index (Phi) is 5.37. The van der Waals surface area contributed by atoms with E-state index in [1.165, 1.54) is 58.0 Å². The Morgan fingerprint density at radius 1 is 1.14 bits per heavy atom. The van der Waals surface area contributed by atoms with Crippen molar-refractivity contribution in [1.29, 1.82) is 0 Å². The number of nitrogens with one attached hydrogen (secondary N) is 1. The summed E-state index contributed by atoms with van der Waals surface area (Å²) < 4.78 is 5.98. The van der Waals surface area contributed by atoms with Gasteiger partial charge in [0.1, 0.15) is 11.5 Å². The zero-order valence-electron chi connectivity index (χ0n) is 13.4. The minimum absolute atomic E-state index is 0.750. The molecule has 1 N–H and O–H groups in total. The van der Waals surface area contributed by atoms with E-state index in [1.54, 1.807) is 0 Å². The molecule has 2 heterocycles. The largest absolute Gasteiger partial charge is 0.463 e. The van der Waals surface area contributed by atoms with Gasteiger partial charge in [0.15, 0.2) is 0 Å². The Hall–Kier alpha value is -0.800. The normalized spacial score (nSPS) is 24.1. The van der Waals surface area contributed by atoms with Crippen molar-refractivity contribution in [1.82, 2.24) is 10.2 Å². The molecule has 3 heteroatoms. The van der Waals surface area contributed by atoms with Crippen LogP contribution in [-0.4, -0.2) is 24.0 Å². The topological polar surface area (TPSA) is 28.4 Å². The number of furan rings is 1. The first-order valence-electron chi connectivity index (χ1n) is 8.87. The van der Waals surface area contributed by atoms with E-state index < -0.39 is 0 Å². The molecule has 0 radical (unpaired) electrons. The molecular weight excluding hydrogens is 260 g/mol. The second kappa shape index (κ2) is 7.46. The van der Waals surface area contributed by atoms with E-state index in [-0.39, 0.29) is 0 Å². The summed E-state index contributed by atoms with van der Waals surface area (Å²) in [5, 5.41) is 3.51. The molecular formula is C18H30N2O. The maximum absolute atomic E-state index is 5.98. The lowest BCUT2D eigenvalue weighted by molar-refractivity contribution is 0.245. The Balaban J connectivity index is 1.44. The summed E-state index contributed by atoms with van der Waals surface area (Å²) in [5.74, 6) is 3.18. The molecule has 3 rings (SSSR count). The third-order valence-corrected chi connectivity index (χ3v) is 4.88. The molecule has 118 valence electrons. The minimum atomic E-state index is 0.750. The van der Waals surface area contributed by atoms with E-state index in [0.29, 0.717) is 0 Å². The highest BCUT2D eigenvalue weighted by atomic mass is 16.3. The summed E-state index contributed by atoms with van der Waals surface area (Å²) in [7, 11) is 0. The van der Waals surface area contributed by atoms with Crippen molar-refractivity contribution in [3.63, 3.8) is 0 Å². The Bertz CT molecular complexity index is 425. The fourth-order valence-electron chi connectivity index (χ4n) is 3.43. The van der Waals surface area contributed by atoms with E-state index in [9.17, 15) is 0 Å². The molecule has 0 aromatic carbocycles. The van der Waals surface area contributed by atoms with Crippen LogP contribution < -0.4 is 5.32 Å². The minimum Gasteiger partial charge on any atom is -0.463 e. The second-order valence-corrected chi connectivity index (χ2v) is 6.88. The molecule has 0 spiro atoms. The van der Waals surface area contributed by atoms with Crippen LogP contribution in [0.1, 0.15) is 63.4 Å². The van der Waals surface area contributed by atoms with Crippen molar-refractivity contribution < 1.29 is 4.42 Å². The fourth-order valence-corrected chi connectivity index (χ4v) is 3.43. The van der Waals surface area contributed by atoms with Gasteiger partial charge >= 0.3 is 0 Å². The van der Waals surface area contributed by atoms with E-state index in [2.05, 4.69) is 29.3 Å². The van der Waals surface area contributed by atoms with Crippen molar-refractivity contribution in [2.24, 2.45) is 5.92 Å². The van der Waals surface area contributed by atoms with E-state index in [4.69, 9.17) is 4.42 Å². The highest BCUT2D eigenvalue weighted by Gasteiger charge is 2.21. The van der Waals surface area contributed by atoms with Gasteiger partial charge in [0.2, 0.25) is 0 Å². The molecule has 0 amide bonds. The highest BCUT2D eigenvalue weighted by molar-refractivity contribution is 5.07. The Morgan fingerprint density at radius 2 is 2.00 bits per heavy atom. The summed E-state index contributed by atoms with van der Waals surface area (Å²) in [6.07, 6.45) is 9.54.